The molecule has 76 valence electrons. The van der Waals surface area contributed by atoms with Crippen molar-refractivity contribution < 1.29 is 9.59 Å². The molecule has 0 radical (unpaired) electrons. The maximum atomic E-state index is 11.6. The summed E-state index contributed by atoms with van der Waals surface area (Å²) >= 11 is 0. The van der Waals surface area contributed by atoms with Gasteiger partial charge in [0, 0.05) is 11.8 Å². The SMILES string of the molecule is CCC(C#N)N1C(=O)C(C)C(C)C1=O. The van der Waals surface area contributed by atoms with Crippen molar-refractivity contribution in [1.29, 1.82) is 5.26 Å². The van der Waals surface area contributed by atoms with Crippen LogP contribution in [0.2, 0.25) is 0 Å². The van der Waals surface area contributed by atoms with Gasteiger partial charge in [-0.1, -0.05) is 20.8 Å². The van der Waals surface area contributed by atoms with E-state index < -0.39 is 6.04 Å². The zero-order chi connectivity index (χ0) is 10.9. The van der Waals surface area contributed by atoms with E-state index >= 15 is 0 Å². The van der Waals surface area contributed by atoms with Crippen molar-refractivity contribution in [2.24, 2.45) is 11.8 Å². The number of hydrogen-bond donors (Lipinski definition) is 0. The summed E-state index contributed by atoms with van der Waals surface area (Å²) in [6, 6.07) is 1.38. The summed E-state index contributed by atoms with van der Waals surface area (Å²) in [6.07, 6.45) is 0.493. The van der Waals surface area contributed by atoms with Gasteiger partial charge in [-0.25, -0.2) is 0 Å². The molecule has 0 aromatic carbocycles. The van der Waals surface area contributed by atoms with Gasteiger partial charge in [0.25, 0.3) is 0 Å². The standard InChI is InChI=1S/C10H14N2O2/c1-4-8(5-11)12-9(13)6(2)7(3)10(12)14/h6-8H,4H2,1-3H3. The second-order valence-electron chi connectivity index (χ2n) is 3.68. The minimum atomic E-state index is -0.595. The van der Waals surface area contributed by atoms with Crippen molar-refractivity contribution in [3.63, 3.8) is 0 Å². The van der Waals surface area contributed by atoms with Gasteiger partial charge >= 0.3 is 0 Å². The minimum absolute atomic E-state index is 0.212. The maximum Gasteiger partial charge on any atom is 0.233 e. The molecule has 0 bridgehead atoms. The summed E-state index contributed by atoms with van der Waals surface area (Å²) in [7, 11) is 0. The first kappa shape index (κ1) is 10.7. The highest BCUT2D eigenvalue weighted by Gasteiger charge is 2.45. The Morgan fingerprint density at radius 2 is 1.79 bits per heavy atom. The Morgan fingerprint density at radius 1 is 1.36 bits per heavy atom. The Kier molecular flexibility index (Phi) is 2.90. The zero-order valence-corrected chi connectivity index (χ0v) is 8.65. The molecule has 1 aliphatic rings. The van der Waals surface area contributed by atoms with E-state index in [1.807, 2.05) is 6.07 Å². The molecule has 3 unspecified atom stereocenters. The third-order valence-electron chi connectivity index (χ3n) is 2.85. The van der Waals surface area contributed by atoms with E-state index in [0.717, 1.165) is 4.90 Å². The molecule has 14 heavy (non-hydrogen) atoms. The van der Waals surface area contributed by atoms with Crippen LogP contribution in [-0.4, -0.2) is 22.8 Å². The van der Waals surface area contributed by atoms with Gasteiger partial charge in [0.1, 0.15) is 6.04 Å². The molecule has 4 heteroatoms. The van der Waals surface area contributed by atoms with Gasteiger partial charge in [0.15, 0.2) is 0 Å². The van der Waals surface area contributed by atoms with Gasteiger partial charge in [-0.15, -0.1) is 0 Å². The van der Waals surface area contributed by atoms with Crippen molar-refractivity contribution in [2.45, 2.75) is 33.2 Å². The molecule has 3 atom stereocenters. The molecule has 0 aliphatic carbocycles. The predicted octanol–water partition coefficient (Wildman–Crippen LogP) is 0.930. The molecule has 0 N–H and O–H groups in total. The molecule has 1 aliphatic heterocycles. The summed E-state index contributed by atoms with van der Waals surface area (Å²) in [5.41, 5.74) is 0. The number of likely N-dealkylation sites (tertiary alicyclic amines) is 1. The molecule has 0 saturated carbocycles. The van der Waals surface area contributed by atoms with E-state index in [1.54, 1.807) is 20.8 Å². The number of nitriles is 1. The number of imide groups is 1. The first-order valence-corrected chi connectivity index (χ1v) is 4.81. The normalized spacial score (nSPS) is 29.1. The topological polar surface area (TPSA) is 61.2 Å². The predicted molar refractivity (Wildman–Crippen MR) is 49.9 cm³/mol. The van der Waals surface area contributed by atoms with E-state index in [2.05, 4.69) is 0 Å². The summed E-state index contributed by atoms with van der Waals surface area (Å²) < 4.78 is 0. The average Bonchev–Trinajstić information content (AvgIpc) is 2.37. The molecular weight excluding hydrogens is 180 g/mol. The third kappa shape index (κ3) is 1.39. The van der Waals surface area contributed by atoms with Crippen LogP contribution in [0, 0.1) is 23.2 Å². The van der Waals surface area contributed by atoms with Crippen LogP contribution < -0.4 is 0 Å². The van der Waals surface area contributed by atoms with Crippen LogP contribution in [-0.2, 0) is 9.59 Å². The quantitative estimate of drug-likeness (QED) is 0.614. The van der Waals surface area contributed by atoms with Crippen molar-refractivity contribution in [2.75, 3.05) is 0 Å². The number of amides is 2. The molecule has 1 rings (SSSR count). The van der Waals surface area contributed by atoms with Crippen molar-refractivity contribution in [3.8, 4) is 6.07 Å². The highest BCUT2D eigenvalue weighted by atomic mass is 16.2. The number of carbonyl (C=O) groups excluding carboxylic acids is 2. The molecule has 0 spiro atoms. The first-order valence-electron chi connectivity index (χ1n) is 4.81. The smallest absolute Gasteiger partial charge is 0.233 e. The Labute approximate surface area is 83.5 Å². The van der Waals surface area contributed by atoms with E-state index in [4.69, 9.17) is 5.26 Å². The van der Waals surface area contributed by atoms with Gasteiger partial charge in [0.05, 0.1) is 6.07 Å². The molecule has 1 fully saturated rings. The fraction of sp³-hybridized carbons (Fsp3) is 0.700. The van der Waals surface area contributed by atoms with Gasteiger partial charge in [-0.3, -0.25) is 14.5 Å². The monoisotopic (exact) mass is 194 g/mol. The highest BCUT2D eigenvalue weighted by molar-refractivity contribution is 6.05. The fourth-order valence-electron chi connectivity index (χ4n) is 1.61. The zero-order valence-electron chi connectivity index (χ0n) is 8.65. The molecule has 1 saturated heterocycles. The lowest BCUT2D eigenvalue weighted by molar-refractivity contribution is -0.141. The Hall–Kier alpha value is -1.37. The largest absolute Gasteiger partial charge is 0.274 e. The lowest BCUT2D eigenvalue weighted by Gasteiger charge is -2.18. The van der Waals surface area contributed by atoms with Crippen LogP contribution in [0.3, 0.4) is 0 Å². The van der Waals surface area contributed by atoms with E-state index in [-0.39, 0.29) is 23.7 Å². The second kappa shape index (κ2) is 3.79. The highest BCUT2D eigenvalue weighted by Crippen LogP contribution is 2.27. The van der Waals surface area contributed by atoms with Crippen LogP contribution in [0.15, 0.2) is 0 Å². The summed E-state index contributed by atoms with van der Waals surface area (Å²) in [6.45, 7) is 5.26. The van der Waals surface area contributed by atoms with Crippen molar-refractivity contribution >= 4 is 11.8 Å². The lowest BCUT2D eigenvalue weighted by Crippen LogP contribution is -2.39. The van der Waals surface area contributed by atoms with Gasteiger partial charge in [0.2, 0.25) is 11.8 Å². The number of nitrogens with zero attached hydrogens (tertiary/aromatic N) is 2. The van der Waals surface area contributed by atoms with Gasteiger partial charge in [-0.05, 0) is 6.42 Å². The molecule has 4 nitrogen and oxygen atoms in total. The van der Waals surface area contributed by atoms with Crippen molar-refractivity contribution in [1.82, 2.24) is 4.90 Å². The van der Waals surface area contributed by atoms with Crippen LogP contribution >= 0.6 is 0 Å². The summed E-state index contributed by atoms with van der Waals surface area (Å²) in [5, 5.41) is 8.80. The molecule has 2 amide bonds. The summed E-state index contributed by atoms with van der Waals surface area (Å²) in [4.78, 5) is 24.4. The van der Waals surface area contributed by atoms with Crippen LogP contribution in [0.4, 0.5) is 0 Å². The van der Waals surface area contributed by atoms with E-state index in [0.29, 0.717) is 6.42 Å². The van der Waals surface area contributed by atoms with Gasteiger partial charge in [-0.2, -0.15) is 5.26 Å². The number of carbonyl (C=O) groups is 2. The van der Waals surface area contributed by atoms with Crippen LogP contribution in [0.25, 0.3) is 0 Å². The number of rotatable bonds is 2. The second-order valence-corrected chi connectivity index (χ2v) is 3.68. The first-order chi connectivity index (χ1) is 6.54. The molecule has 0 aromatic rings. The average molecular weight is 194 g/mol. The Morgan fingerprint density at radius 3 is 2.07 bits per heavy atom. The number of hydrogen-bond acceptors (Lipinski definition) is 3. The van der Waals surface area contributed by atoms with Gasteiger partial charge < -0.3 is 0 Å². The summed E-state index contributed by atoms with van der Waals surface area (Å²) in [5.74, 6) is -0.999. The maximum absolute atomic E-state index is 11.6. The molecular formula is C10H14N2O2. The lowest BCUT2D eigenvalue weighted by atomic mass is 10.00. The fourth-order valence-corrected chi connectivity index (χ4v) is 1.61. The Bertz CT molecular complexity index is 286. The minimum Gasteiger partial charge on any atom is -0.274 e. The van der Waals surface area contributed by atoms with Crippen LogP contribution in [0.1, 0.15) is 27.2 Å². The van der Waals surface area contributed by atoms with Crippen molar-refractivity contribution in [3.05, 3.63) is 0 Å². The van der Waals surface area contributed by atoms with E-state index in [9.17, 15) is 9.59 Å². The third-order valence-corrected chi connectivity index (χ3v) is 2.85. The van der Waals surface area contributed by atoms with Crippen LogP contribution in [0.5, 0.6) is 0 Å². The Balaban J connectivity index is 2.96. The van der Waals surface area contributed by atoms with E-state index in [1.165, 1.54) is 0 Å². The molecule has 0 aromatic heterocycles. The molecule has 1 heterocycles.